The van der Waals surface area contributed by atoms with E-state index < -0.39 is 28.3 Å². The van der Waals surface area contributed by atoms with Gasteiger partial charge >= 0.3 is 0 Å². The predicted molar refractivity (Wildman–Crippen MR) is 94.1 cm³/mol. The molecule has 26 heavy (non-hydrogen) atoms. The molecule has 1 aromatic rings. The second kappa shape index (κ2) is 9.22. The lowest BCUT2D eigenvalue weighted by atomic mass is 10.1. The topological polar surface area (TPSA) is 105 Å². The van der Waals surface area contributed by atoms with Crippen molar-refractivity contribution in [2.45, 2.75) is 38.1 Å². The first-order chi connectivity index (χ1) is 12.3. The molecule has 0 bridgehead atoms. The van der Waals surface area contributed by atoms with Crippen LogP contribution >= 0.6 is 0 Å². The van der Waals surface area contributed by atoms with Crippen LogP contribution in [-0.2, 0) is 26.1 Å². The minimum atomic E-state index is -3.44. The van der Waals surface area contributed by atoms with Gasteiger partial charge in [0.15, 0.2) is 0 Å². The highest BCUT2D eigenvalue weighted by molar-refractivity contribution is 7.89. The van der Waals surface area contributed by atoms with Crippen molar-refractivity contribution < 1.29 is 27.4 Å². The van der Waals surface area contributed by atoms with Gasteiger partial charge in [0.05, 0.1) is 30.9 Å². The third-order valence-corrected chi connectivity index (χ3v) is 5.34. The Morgan fingerprint density at radius 2 is 1.96 bits per heavy atom. The van der Waals surface area contributed by atoms with E-state index in [-0.39, 0.29) is 37.0 Å². The summed E-state index contributed by atoms with van der Waals surface area (Å²) in [5.74, 6) is -0.692. The van der Waals surface area contributed by atoms with Crippen LogP contribution in [0.25, 0.3) is 0 Å². The molecule has 0 saturated heterocycles. The Bertz CT molecular complexity index is 736. The van der Waals surface area contributed by atoms with Crippen LogP contribution in [0.5, 0.6) is 0 Å². The number of aliphatic hydroxyl groups excluding tert-OH is 1. The van der Waals surface area contributed by atoms with Gasteiger partial charge in [-0.1, -0.05) is 24.3 Å². The summed E-state index contributed by atoms with van der Waals surface area (Å²) in [5, 5.41) is 12.1. The summed E-state index contributed by atoms with van der Waals surface area (Å²) in [6.07, 6.45) is 1.89. The largest absolute Gasteiger partial charge is 0.394 e. The van der Waals surface area contributed by atoms with Crippen molar-refractivity contribution in [3.63, 3.8) is 0 Å². The van der Waals surface area contributed by atoms with Gasteiger partial charge < -0.3 is 15.2 Å². The lowest BCUT2D eigenvalue weighted by molar-refractivity contribution is -0.125. The number of ether oxygens (including phenoxy) is 1. The van der Waals surface area contributed by atoms with Gasteiger partial charge in [-0.2, -0.15) is 0 Å². The molecule has 1 aliphatic heterocycles. The van der Waals surface area contributed by atoms with Crippen LogP contribution in [0.2, 0.25) is 0 Å². The van der Waals surface area contributed by atoms with Gasteiger partial charge in [-0.05, 0) is 24.6 Å². The molecule has 9 heteroatoms. The van der Waals surface area contributed by atoms with Crippen LogP contribution in [0.15, 0.2) is 36.4 Å². The number of hydrogen-bond acceptors (Lipinski definition) is 5. The number of aliphatic hydroxyl groups is 1. The van der Waals surface area contributed by atoms with E-state index in [1.807, 2.05) is 0 Å². The van der Waals surface area contributed by atoms with E-state index in [1.54, 1.807) is 24.3 Å². The zero-order valence-corrected chi connectivity index (χ0v) is 15.2. The number of carbonyl (C=O) groups excluding carboxylic acids is 1. The molecule has 1 aliphatic rings. The number of nitrogens with one attached hydrogen (secondary N) is 2. The van der Waals surface area contributed by atoms with Gasteiger partial charge in [0.25, 0.3) is 0 Å². The fourth-order valence-corrected chi connectivity index (χ4v) is 3.27. The second-order valence-corrected chi connectivity index (χ2v) is 7.98. The lowest BCUT2D eigenvalue weighted by Gasteiger charge is -2.31. The molecule has 0 radical (unpaired) electrons. The van der Waals surface area contributed by atoms with Gasteiger partial charge in [0.2, 0.25) is 15.9 Å². The molecule has 2 rings (SSSR count). The van der Waals surface area contributed by atoms with Crippen LogP contribution in [-0.4, -0.2) is 50.0 Å². The molecule has 7 nitrogen and oxygen atoms in total. The number of sulfonamides is 1. The van der Waals surface area contributed by atoms with Gasteiger partial charge in [0.1, 0.15) is 11.9 Å². The number of amides is 1. The lowest BCUT2D eigenvalue weighted by Crippen LogP contribution is -2.49. The maximum absolute atomic E-state index is 12.8. The molecular formula is C17H23FN2O5S. The molecule has 144 valence electrons. The monoisotopic (exact) mass is 386 g/mol. The van der Waals surface area contributed by atoms with Gasteiger partial charge in [-0.15, -0.1) is 0 Å². The van der Waals surface area contributed by atoms with Gasteiger partial charge in [-0.3, -0.25) is 4.79 Å². The summed E-state index contributed by atoms with van der Waals surface area (Å²) in [6.45, 7) is 1.39. The van der Waals surface area contributed by atoms with E-state index in [0.29, 0.717) is 0 Å². The Labute approximate surface area is 152 Å². The molecule has 0 saturated carbocycles. The molecule has 0 spiro atoms. The third kappa shape index (κ3) is 6.17. The Balaban J connectivity index is 1.87. The normalized spacial score (nSPS) is 23.0. The zero-order chi connectivity index (χ0) is 19.2. The standard InChI is InChI=1S/C17H23FN2O5S/c1-2-26(23,24)20-15-8-7-14(25-16(15)11-21)9-17(22)19-10-12-3-5-13(18)6-4-12/h3-8,14-16,20-21H,2,9-11H2,1H3,(H,19,22)/t14-,15+,16-/m0/s1. The third-order valence-electron chi connectivity index (χ3n) is 3.95. The average Bonchev–Trinajstić information content (AvgIpc) is 2.62. The summed E-state index contributed by atoms with van der Waals surface area (Å²) in [4.78, 5) is 12.0. The van der Waals surface area contributed by atoms with Crippen molar-refractivity contribution >= 4 is 15.9 Å². The smallest absolute Gasteiger partial charge is 0.223 e. The summed E-state index contributed by atoms with van der Waals surface area (Å²) in [6, 6.07) is 5.12. The highest BCUT2D eigenvalue weighted by Gasteiger charge is 2.30. The van der Waals surface area contributed by atoms with E-state index >= 15 is 0 Å². The summed E-state index contributed by atoms with van der Waals surface area (Å²) in [7, 11) is -3.44. The molecular weight excluding hydrogens is 363 g/mol. The van der Waals surface area contributed by atoms with E-state index in [4.69, 9.17) is 4.74 Å². The Kier molecular flexibility index (Phi) is 7.27. The molecule has 1 aromatic carbocycles. The minimum absolute atomic E-state index is 0.0292. The van der Waals surface area contributed by atoms with Crippen molar-refractivity contribution in [1.82, 2.24) is 10.0 Å². The fraction of sp³-hybridized carbons (Fsp3) is 0.471. The first-order valence-corrected chi connectivity index (χ1v) is 9.94. The molecule has 0 unspecified atom stereocenters. The molecule has 0 aromatic heterocycles. The number of halogens is 1. The number of rotatable bonds is 8. The molecule has 3 atom stereocenters. The SMILES string of the molecule is CCS(=O)(=O)N[C@@H]1C=C[C@@H](CC(=O)NCc2ccc(F)cc2)O[C@H]1CO. The molecule has 1 amide bonds. The first kappa shape index (κ1) is 20.5. The van der Waals surface area contributed by atoms with E-state index in [1.165, 1.54) is 19.1 Å². The second-order valence-electron chi connectivity index (χ2n) is 5.93. The van der Waals surface area contributed by atoms with Crippen molar-refractivity contribution in [3.8, 4) is 0 Å². The highest BCUT2D eigenvalue weighted by Crippen LogP contribution is 2.16. The average molecular weight is 386 g/mol. The van der Waals surface area contributed by atoms with Crippen LogP contribution in [0.3, 0.4) is 0 Å². The van der Waals surface area contributed by atoms with E-state index in [0.717, 1.165) is 5.56 Å². The first-order valence-electron chi connectivity index (χ1n) is 8.28. The van der Waals surface area contributed by atoms with Crippen molar-refractivity contribution in [2.24, 2.45) is 0 Å². The summed E-state index contributed by atoms with van der Waals surface area (Å²) >= 11 is 0. The summed E-state index contributed by atoms with van der Waals surface area (Å²) < 4.78 is 44.2. The molecule has 3 N–H and O–H groups in total. The van der Waals surface area contributed by atoms with E-state index in [9.17, 15) is 22.7 Å². The van der Waals surface area contributed by atoms with Crippen LogP contribution in [0, 0.1) is 5.82 Å². The maximum Gasteiger partial charge on any atom is 0.223 e. The highest BCUT2D eigenvalue weighted by atomic mass is 32.2. The van der Waals surface area contributed by atoms with E-state index in [2.05, 4.69) is 10.0 Å². The van der Waals surface area contributed by atoms with Gasteiger partial charge in [0, 0.05) is 6.54 Å². The minimum Gasteiger partial charge on any atom is -0.394 e. The molecule has 1 heterocycles. The Morgan fingerprint density at radius 3 is 2.58 bits per heavy atom. The molecule has 0 aliphatic carbocycles. The predicted octanol–water partition coefficient (Wildman–Crippen LogP) is 0.456. The quantitative estimate of drug-likeness (QED) is 0.563. The summed E-state index contributed by atoms with van der Waals surface area (Å²) in [5.41, 5.74) is 0.766. The van der Waals surface area contributed by atoms with Gasteiger partial charge in [-0.25, -0.2) is 17.5 Å². The van der Waals surface area contributed by atoms with Crippen molar-refractivity contribution in [3.05, 3.63) is 47.8 Å². The van der Waals surface area contributed by atoms with Crippen molar-refractivity contribution in [1.29, 1.82) is 0 Å². The number of benzene rings is 1. The number of carbonyl (C=O) groups is 1. The van der Waals surface area contributed by atoms with Crippen LogP contribution in [0.1, 0.15) is 18.9 Å². The van der Waals surface area contributed by atoms with Crippen LogP contribution < -0.4 is 10.0 Å². The number of hydrogen-bond donors (Lipinski definition) is 3. The van der Waals surface area contributed by atoms with Crippen LogP contribution in [0.4, 0.5) is 4.39 Å². The maximum atomic E-state index is 12.8. The Hall–Kier alpha value is -1.81. The zero-order valence-electron chi connectivity index (χ0n) is 14.4. The molecule has 0 fully saturated rings. The Morgan fingerprint density at radius 1 is 1.27 bits per heavy atom. The fourth-order valence-electron chi connectivity index (χ4n) is 2.46. The van der Waals surface area contributed by atoms with Crippen molar-refractivity contribution in [2.75, 3.05) is 12.4 Å².